The maximum absolute atomic E-state index is 14.4. The number of nitrogens with one attached hydrogen (secondary N) is 1. The number of oxazole rings is 1. The van der Waals surface area contributed by atoms with Crippen molar-refractivity contribution in [3.63, 3.8) is 0 Å². The normalized spacial score (nSPS) is 17.3. The van der Waals surface area contributed by atoms with E-state index in [1.165, 1.54) is 24.4 Å². The zero-order chi connectivity index (χ0) is 25.4. The quantitative estimate of drug-likeness (QED) is 0.398. The maximum Gasteiger partial charge on any atom is 0.427 e. The number of carbonyl (C=O) groups excluding carboxylic acids is 1. The molecule has 1 heterocycles. The van der Waals surface area contributed by atoms with Crippen LogP contribution in [-0.2, 0) is 11.0 Å². The van der Waals surface area contributed by atoms with Gasteiger partial charge in [0.1, 0.15) is 0 Å². The van der Waals surface area contributed by atoms with Gasteiger partial charge in [-0.2, -0.15) is 26.3 Å². The first kappa shape index (κ1) is 24.8. The summed E-state index contributed by atoms with van der Waals surface area (Å²) in [5.74, 6) is -4.73. The smallest absolute Gasteiger partial charge is 0.427 e. The molecule has 2 N–H and O–H groups in total. The van der Waals surface area contributed by atoms with Crippen molar-refractivity contribution in [2.75, 3.05) is 5.32 Å². The molecule has 11 heteroatoms. The van der Waals surface area contributed by atoms with E-state index in [1.54, 1.807) is 6.07 Å². The Bertz CT molecular complexity index is 1190. The number of halogens is 6. The van der Waals surface area contributed by atoms with Gasteiger partial charge in [0.05, 0.1) is 11.8 Å². The Hall–Kier alpha value is -3.34. The fourth-order valence-corrected chi connectivity index (χ4v) is 4.40. The van der Waals surface area contributed by atoms with Gasteiger partial charge in [0.15, 0.2) is 12.2 Å². The van der Waals surface area contributed by atoms with Crippen LogP contribution in [0.5, 0.6) is 0 Å². The molecule has 2 aromatic carbocycles. The summed E-state index contributed by atoms with van der Waals surface area (Å²) in [7, 11) is 0. The van der Waals surface area contributed by atoms with Gasteiger partial charge in [0.25, 0.3) is 5.91 Å². The number of nitrogens with zero attached hydrogens (tertiary/aromatic N) is 1. The Balaban J connectivity index is 1.78. The lowest BCUT2D eigenvalue weighted by Gasteiger charge is -2.44. The number of aliphatic hydroxyl groups is 1. The number of hydrogen-bond donors (Lipinski definition) is 2. The summed E-state index contributed by atoms with van der Waals surface area (Å²) in [5, 5.41) is 13.1. The lowest BCUT2D eigenvalue weighted by atomic mass is 9.64. The highest BCUT2D eigenvalue weighted by Crippen LogP contribution is 2.53. The average Bonchev–Trinajstić information content (AvgIpc) is 3.29. The van der Waals surface area contributed by atoms with E-state index >= 15 is 0 Å². The van der Waals surface area contributed by atoms with Crippen molar-refractivity contribution in [3.8, 4) is 11.3 Å². The van der Waals surface area contributed by atoms with Gasteiger partial charge >= 0.3 is 12.4 Å². The molecule has 0 radical (unpaired) electrons. The largest absolute Gasteiger partial charge is 0.444 e. The summed E-state index contributed by atoms with van der Waals surface area (Å²) in [6.45, 7) is 0. The highest BCUT2D eigenvalue weighted by atomic mass is 19.4. The van der Waals surface area contributed by atoms with Crippen LogP contribution < -0.4 is 5.32 Å². The molecular weight excluding hydrogens is 478 g/mol. The van der Waals surface area contributed by atoms with Gasteiger partial charge in [-0.1, -0.05) is 36.8 Å². The van der Waals surface area contributed by atoms with Gasteiger partial charge < -0.3 is 14.8 Å². The SMILES string of the molecule is O=C(Nc1cccc(-c2cnco2)c1)C(O)(C(c1ccccc1C(F)(F)F)C1CCC1)C(F)(F)F. The van der Waals surface area contributed by atoms with Crippen LogP contribution in [0, 0.1) is 5.92 Å². The van der Waals surface area contributed by atoms with Gasteiger partial charge in [-0.15, -0.1) is 0 Å². The van der Waals surface area contributed by atoms with Crippen LogP contribution in [0.2, 0.25) is 0 Å². The zero-order valence-corrected chi connectivity index (χ0v) is 18.0. The number of anilines is 1. The van der Waals surface area contributed by atoms with E-state index in [4.69, 9.17) is 4.42 Å². The summed E-state index contributed by atoms with van der Waals surface area (Å²) < 4.78 is 89.6. The predicted molar refractivity (Wildman–Crippen MR) is 113 cm³/mol. The second-order valence-corrected chi connectivity index (χ2v) is 8.42. The minimum atomic E-state index is -5.57. The molecule has 3 aromatic rings. The second-order valence-electron chi connectivity index (χ2n) is 8.42. The topological polar surface area (TPSA) is 75.4 Å². The molecule has 186 valence electrons. The summed E-state index contributed by atoms with van der Waals surface area (Å²) in [6.07, 6.45) is -7.29. The van der Waals surface area contributed by atoms with Crippen molar-refractivity contribution in [1.29, 1.82) is 0 Å². The number of benzene rings is 2. The van der Waals surface area contributed by atoms with Crippen molar-refractivity contribution in [1.82, 2.24) is 4.98 Å². The third kappa shape index (κ3) is 4.64. The van der Waals surface area contributed by atoms with Crippen LogP contribution in [0.25, 0.3) is 11.3 Å². The van der Waals surface area contributed by atoms with Gasteiger partial charge in [0.2, 0.25) is 5.60 Å². The predicted octanol–water partition coefficient (Wildman–Crippen LogP) is 6.18. The number of hydrogen-bond acceptors (Lipinski definition) is 4. The summed E-state index contributed by atoms with van der Waals surface area (Å²) >= 11 is 0. The highest BCUT2D eigenvalue weighted by molar-refractivity contribution is 5.99. The minimum absolute atomic E-state index is 0.108. The van der Waals surface area contributed by atoms with E-state index in [0.717, 1.165) is 24.6 Å². The first-order chi connectivity index (χ1) is 16.4. The second kappa shape index (κ2) is 9.03. The van der Waals surface area contributed by atoms with Crippen LogP contribution in [0.3, 0.4) is 0 Å². The molecule has 0 spiro atoms. The molecule has 5 nitrogen and oxygen atoms in total. The lowest BCUT2D eigenvalue weighted by molar-refractivity contribution is -0.263. The van der Waals surface area contributed by atoms with Crippen LogP contribution in [0.15, 0.2) is 65.5 Å². The molecule has 0 aliphatic heterocycles. The highest BCUT2D eigenvalue weighted by Gasteiger charge is 2.66. The van der Waals surface area contributed by atoms with Crippen molar-refractivity contribution < 1.29 is 40.7 Å². The number of amides is 1. The maximum atomic E-state index is 14.4. The monoisotopic (exact) mass is 498 g/mol. The number of carbonyl (C=O) groups is 1. The Morgan fingerprint density at radius 3 is 2.34 bits per heavy atom. The van der Waals surface area contributed by atoms with Crippen LogP contribution in [0.1, 0.15) is 36.3 Å². The molecule has 2 unspecified atom stereocenters. The van der Waals surface area contributed by atoms with Crippen LogP contribution >= 0.6 is 0 Å². The first-order valence-corrected chi connectivity index (χ1v) is 10.7. The Kier molecular flexibility index (Phi) is 6.39. The zero-order valence-electron chi connectivity index (χ0n) is 18.0. The van der Waals surface area contributed by atoms with Gasteiger partial charge in [-0.05, 0) is 42.5 Å². The molecule has 1 aromatic heterocycles. The molecule has 1 fully saturated rings. The Morgan fingerprint density at radius 1 is 1.06 bits per heavy atom. The van der Waals surface area contributed by atoms with Crippen LogP contribution in [0.4, 0.5) is 32.0 Å². The molecule has 1 amide bonds. The summed E-state index contributed by atoms with van der Waals surface area (Å²) in [6, 6.07) is 9.33. The average molecular weight is 498 g/mol. The van der Waals surface area contributed by atoms with Crippen LogP contribution in [-0.4, -0.2) is 27.8 Å². The standard InChI is InChI=1S/C24H20F6N2O3/c25-23(26,27)18-10-2-1-9-17(18)20(14-5-3-6-14)22(34,24(28,29)30)21(33)32-16-8-4-7-15(11-16)19-12-31-13-35-19/h1-2,4,7-14,20,34H,3,5-6H2,(H,32,33). The minimum Gasteiger partial charge on any atom is -0.444 e. The van der Waals surface area contributed by atoms with E-state index in [9.17, 15) is 36.2 Å². The Morgan fingerprint density at radius 2 is 1.77 bits per heavy atom. The van der Waals surface area contributed by atoms with Crippen molar-refractivity contribution >= 4 is 11.6 Å². The van der Waals surface area contributed by atoms with Crippen molar-refractivity contribution in [2.24, 2.45) is 5.92 Å². The van der Waals surface area contributed by atoms with Gasteiger partial charge in [-0.25, -0.2) is 4.98 Å². The third-order valence-electron chi connectivity index (χ3n) is 6.29. The number of rotatable bonds is 6. The fourth-order valence-electron chi connectivity index (χ4n) is 4.40. The molecule has 4 rings (SSSR count). The number of alkyl halides is 6. The summed E-state index contributed by atoms with van der Waals surface area (Å²) in [5.41, 5.74) is -5.94. The molecule has 2 atom stereocenters. The summed E-state index contributed by atoms with van der Waals surface area (Å²) in [4.78, 5) is 16.8. The van der Waals surface area contributed by atoms with E-state index in [2.05, 4.69) is 10.3 Å². The molecular formula is C24H20F6N2O3. The van der Waals surface area contributed by atoms with Gasteiger partial charge in [-0.3, -0.25) is 4.79 Å². The first-order valence-electron chi connectivity index (χ1n) is 10.7. The molecule has 0 saturated heterocycles. The van der Waals surface area contributed by atoms with Gasteiger partial charge in [0, 0.05) is 17.2 Å². The van der Waals surface area contributed by atoms with E-state index < -0.39 is 46.8 Å². The molecule has 35 heavy (non-hydrogen) atoms. The number of aromatic nitrogens is 1. The molecule has 1 saturated carbocycles. The van der Waals surface area contributed by atoms with E-state index in [-0.39, 0.29) is 24.3 Å². The van der Waals surface area contributed by atoms with Crippen molar-refractivity contribution in [3.05, 3.63) is 72.2 Å². The van der Waals surface area contributed by atoms with Crippen molar-refractivity contribution in [2.45, 2.75) is 43.1 Å². The van der Waals surface area contributed by atoms with E-state index in [0.29, 0.717) is 18.1 Å². The third-order valence-corrected chi connectivity index (χ3v) is 6.29. The fraction of sp³-hybridized carbons (Fsp3) is 0.333. The molecule has 0 bridgehead atoms. The lowest BCUT2D eigenvalue weighted by Crippen LogP contribution is -2.61. The Labute approximate surface area is 195 Å². The molecule has 1 aliphatic carbocycles. The molecule has 1 aliphatic rings. The van der Waals surface area contributed by atoms with E-state index in [1.807, 2.05) is 0 Å².